The van der Waals surface area contributed by atoms with Gasteiger partial charge in [0.15, 0.2) is 6.10 Å². The molecule has 0 aliphatic rings. The van der Waals surface area contributed by atoms with Gasteiger partial charge in [-0.3, -0.25) is 4.79 Å². The quantitative estimate of drug-likeness (QED) is 0.432. The topological polar surface area (TPSA) is 63.6 Å². The lowest BCUT2D eigenvalue weighted by Crippen LogP contribution is -2.29. The summed E-state index contributed by atoms with van der Waals surface area (Å²) in [7, 11) is 0. The van der Waals surface area contributed by atoms with Gasteiger partial charge in [-0.25, -0.2) is 4.79 Å². The van der Waals surface area contributed by atoms with Crippen molar-refractivity contribution in [3.63, 3.8) is 0 Å². The van der Waals surface area contributed by atoms with Crippen molar-refractivity contribution in [2.24, 2.45) is 5.92 Å². The van der Waals surface area contributed by atoms with Crippen LogP contribution in [-0.4, -0.2) is 23.1 Å². The van der Waals surface area contributed by atoms with Gasteiger partial charge in [0.25, 0.3) is 0 Å². The maximum Gasteiger partial charge on any atom is 0.345 e. The van der Waals surface area contributed by atoms with Crippen LogP contribution in [0.5, 0.6) is 0 Å². The molecule has 0 aromatic heterocycles. The number of rotatable bonds is 12. The van der Waals surface area contributed by atoms with Crippen molar-refractivity contribution in [1.29, 1.82) is 0 Å². The third kappa shape index (κ3) is 8.94. The van der Waals surface area contributed by atoms with Crippen LogP contribution in [0, 0.1) is 5.92 Å². The van der Waals surface area contributed by atoms with Crippen molar-refractivity contribution in [3.05, 3.63) is 0 Å². The Bertz CT molecular complexity index is 276. The molecule has 0 amide bonds. The highest BCUT2D eigenvalue weighted by atomic mass is 16.6. The van der Waals surface area contributed by atoms with E-state index in [9.17, 15) is 9.59 Å². The number of carboxylic acids is 1. The summed E-state index contributed by atoms with van der Waals surface area (Å²) < 4.78 is 5.12. The molecule has 118 valence electrons. The van der Waals surface area contributed by atoms with Crippen LogP contribution in [0.3, 0.4) is 0 Å². The molecule has 2 atom stereocenters. The van der Waals surface area contributed by atoms with Crippen molar-refractivity contribution in [3.8, 4) is 0 Å². The van der Waals surface area contributed by atoms with E-state index in [1.807, 2.05) is 6.92 Å². The smallest absolute Gasteiger partial charge is 0.345 e. The van der Waals surface area contributed by atoms with Crippen molar-refractivity contribution in [2.45, 2.75) is 84.7 Å². The van der Waals surface area contributed by atoms with Crippen molar-refractivity contribution >= 4 is 11.9 Å². The van der Waals surface area contributed by atoms with Gasteiger partial charge in [0.1, 0.15) is 0 Å². The molecule has 4 nitrogen and oxygen atoms in total. The average Bonchev–Trinajstić information content (AvgIpc) is 2.41. The van der Waals surface area contributed by atoms with E-state index in [-0.39, 0.29) is 11.9 Å². The molecule has 2 unspecified atom stereocenters. The van der Waals surface area contributed by atoms with Gasteiger partial charge in [-0.15, -0.1) is 0 Å². The Morgan fingerprint density at radius 1 is 0.950 bits per heavy atom. The summed E-state index contributed by atoms with van der Waals surface area (Å²) in [6, 6.07) is 0. The molecule has 4 heteroatoms. The number of hydrogen-bond acceptors (Lipinski definition) is 3. The fraction of sp³-hybridized carbons (Fsp3) is 0.875. The highest BCUT2D eigenvalue weighted by molar-refractivity contribution is 5.78. The molecule has 0 aliphatic heterocycles. The summed E-state index contributed by atoms with van der Waals surface area (Å²) in [6.45, 7) is 5.95. The monoisotopic (exact) mass is 286 g/mol. The van der Waals surface area contributed by atoms with E-state index in [0.717, 1.165) is 32.1 Å². The van der Waals surface area contributed by atoms with Gasteiger partial charge in [0, 0.05) is 0 Å². The zero-order valence-electron chi connectivity index (χ0n) is 13.2. The first-order valence-electron chi connectivity index (χ1n) is 7.96. The van der Waals surface area contributed by atoms with Gasteiger partial charge in [-0.1, -0.05) is 59.3 Å². The summed E-state index contributed by atoms with van der Waals surface area (Å²) in [5, 5.41) is 9.10. The molecule has 0 saturated heterocycles. The number of carbonyl (C=O) groups is 2. The Labute approximate surface area is 122 Å². The Balaban J connectivity index is 3.98. The zero-order chi connectivity index (χ0) is 15.4. The number of carboxylic acid groups (broad SMARTS) is 1. The fourth-order valence-corrected chi connectivity index (χ4v) is 2.15. The van der Waals surface area contributed by atoms with E-state index in [1.165, 1.54) is 19.3 Å². The van der Waals surface area contributed by atoms with Gasteiger partial charge < -0.3 is 9.84 Å². The maximum atomic E-state index is 11.7. The molecule has 0 fully saturated rings. The second kappa shape index (κ2) is 11.7. The van der Waals surface area contributed by atoms with Gasteiger partial charge in [-0.05, 0) is 19.3 Å². The molecule has 0 radical (unpaired) electrons. The lowest BCUT2D eigenvalue weighted by molar-refractivity contribution is -0.167. The molecule has 0 rings (SSSR count). The van der Waals surface area contributed by atoms with Crippen molar-refractivity contribution < 1.29 is 19.4 Å². The summed E-state index contributed by atoms with van der Waals surface area (Å²) in [4.78, 5) is 22.8. The normalized spacial score (nSPS) is 13.8. The maximum absolute atomic E-state index is 11.7. The number of aliphatic carboxylic acids is 1. The first-order valence-corrected chi connectivity index (χ1v) is 7.96. The second-order valence-electron chi connectivity index (χ2n) is 5.51. The van der Waals surface area contributed by atoms with Crippen LogP contribution in [0.15, 0.2) is 0 Å². The highest BCUT2D eigenvalue weighted by Gasteiger charge is 2.24. The first-order chi connectivity index (χ1) is 9.52. The molecule has 0 saturated carbocycles. The second-order valence-corrected chi connectivity index (χ2v) is 5.51. The summed E-state index contributed by atoms with van der Waals surface area (Å²) in [5.74, 6) is -1.63. The van der Waals surface area contributed by atoms with E-state index < -0.39 is 12.1 Å². The molecular formula is C16H30O4. The van der Waals surface area contributed by atoms with Crippen LogP contribution < -0.4 is 0 Å². The molecule has 0 bridgehead atoms. The molecule has 20 heavy (non-hydrogen) atoms. The molecule has 0 aliphatic carbocycles. The van der Waals surface area contributed by atoms with Crippen molar-refractivity contribution in [2.75, 3.05) is 0 Å². The standard InChI is InChI=1S/C16H30O4/c1-4-6-7-8-9-10-12-14(15(17)18)20-16(19)13(3)11-5-2/h13-14H,4-12H2,1-3H3,(H,17,18). The molecule has 0 aromatic carbocycles. The number of hydrogen-bond donors (Lipinski definition) is 1. The Morgan fingerprint density at radius 2 is 1.55 bits per heavy atom. The Kier molecular flexibility index (Phi) is 11.1. The van der Waals surface area contributed by atoms with E-state index in [2.05, 4.69) is 6.92 Å². The molecule has 0 aromatic rings. The van der Waals surface area contributed by atoms with Crippen LogP contribution in [0.2, 0.25) is 0 Å². The summed E-state index contributed by atoms with van der Waals surface area (Å²) in [5.41, 5.74) is 0. The third-order valence-electron chi connectivity index (χ3n) is 3.48. The lowest BCUT2D eigenvalue weighted by atomic mass is 10.1. The van der Waals surface area contributed by atoms with E-state index in [1.54, 1.807) is 6.92 Å². The van der Waals surface area contributed by atoms with Crippen LogP contribution >= 0.6 is 0 Å². The van der Waals surface area contributed by atoms with Gasteiger partial charge >= 0.3 is 11.9 Å². The average molecular weight is 286 g/mol. The lowest BCUT2D eigenvalue weighted by Gasteiger charge is -2.16. The van der Waals surface area contributed by atoms with Gasteiger partial charge in [0.05, 0.1) is 5.92 Å². The minimum Gasteiger partial charge on any atom is -0.479 e. The van der Waals surface area contributed by atoms with Crippen LogP contribution in [-0.2, 0) is 14.3 Å². The third-order valence-corrected chi connectivity index (χ3v) is 3.48. The molecule has 0 spiro atoms. The first kappa shape index (κ1) is 18.9. The van der Waals surface area contributed by atoms with Crippen LogP contribution in [0.4, 0.5) is 0 Å². The predicted octanol–water partition coefficient (Wildman–Crippen LogP) is 4.17. The number of unbranched alkanes of at least 4 members (excludes halogenated alkanes) is 5. The molecular weight excluding hydrogens is 256 g/mol. The minimum absolute atomic E-state index is 0.216. The SMILES string of the molecule is CCCCCCCCC(OC(=O)C(C)CCC)C(=O)O. The zero-order valence-corrected chi connectivity index (χ0v) is 13.2. The Morgan fingerprint density at radius 3 is 2.10 bits per heavy atom. The predicted molar refractivity (Wildman–Crippen MR) is 79.6 cm³/mol. The number of carbonyl (C=O) groups excluding carboxylic acids is 1. The minimum atomic E-state index is -1.03. The van der Waals surface area contributed by atoms with E-state index in [0.29, 0.717) is 6.42 Å². The van der Waals surface area contributed by atoms with Crippen LogP contribution in [0.1, 0.15) is 78.6 Å². The van der Waals surface area contributed by atoms with E-state index in [4.69, 9.17) is 9.84 Å². The molecule has 0 heterocycles. The van der Waals surface area contributed by atoms with Crippen molar-refractivity contribution in [1.82, 2.24) is 0 Å². The molecule has 1 N–H and O–H groups in total. The van der Waals surface area contributed by atoms with Crippen LogP contribution in [0.25, 0.3) is 0 Å². The summed E-state index contributed by atoms with van der Waals surface area (Å²) >= 11 is 0. The Hall–Kier alpha value is -1.06. The fourth-order valence-electron chi connectivity index (χ4n) is 2.15. The summed E-state index contributed by atoms with van der Waals surface area (Å²) in [6.07, 6.45) is 7.63. The largest absolute Gasteiger partial charge is 0.479 e. The number of ether oxygens (including phenoxy) is 1. The number of esters is 1. The van der Waals surface area contributed by atoms with Gasteiger partial charge in [-0.2, -0.15) is 0 Å². The van der Waals surface area contributed by atoms with Gasteiger partial charge in [0.2, 0.25) is 0 Å². The highest BCUT2D eigenvalue weighted by Crippen LogP contribution is 2.14. The van der Waals surface area contributed by atoms with E-state index >= 15 is 0 Å².